The lowest BCUT2D eigenvalue weighted by Crippen LogP contribution is -2.42. The molecule has 0 spiro atoms. The van der Waals surface area contributed by atoms with Crippen molar-refractivity contribution in [1.82, 2.24) is 4.90 Å². The highest BCUT2D eigenvalue weighted by Crippen LogP contribution is 2.37. The molecule has 0 radical (unpaired) electrons. The standard InChI is InChI=1S/C15H14N2O7S/c1-3-24-14(20)8(2)16-13(19)11(25-15(16)21)7-9-5-4-6-10(12(9)18)17(22)23/h4-8,18H,3H2,1-2H3/b11-7+/t8-/m0/s1. The third-order valence-electron chi connectivity index (χ3n) is 3.37. The van der Waals surface area contributed by atoms with E-state index in [1.54, 1.807) is 6.92 Å². The smallest absolute Gasteiger partial charge is 0.329 e. The minimum absolute atomic E-state index is 0.0171. The number of benzene rings is 1. The lowest BCUT2D eigenvalue weighted by Gasteiger charge is -2.19. The van der Waals surface area contributed by atoms with Gasteiger partial charge < -0.3 is 9.84 Å². The molecule has 1 heterocycles. The van der Waals surface area contributed by atoms with Crippen LogP contribution >= 0.6 is 11.8 Å². The van der Waals surface area contributed by atoms with Crippen LogP contribution in [0.4, 0.5) is 10.5 Å². The van der Waals surface area contributed by atoms with Gasteiger partial charge in [-0.15, -0.1) is 0 Å². The van der Waals surface area contributed by atoms with Crippen molar-refractivity contribution in [3.05, 3.63) is 38.8 Å². The predicted octanol–water partition coefficient (Wildman–Crippen LogP) is 2.29. The molecular formula is C15H14N2O7S. The van der Waals surface area contributed by atoms with Crippen molar-refractivity contribution in [2.75, 3.05) is 6.61 Å². The van der Waals surface area contributed by atoms with Gasteiger partial charge in [0.15, 0.2) is 0 Å². The molecule has 2 amide bonds. The summed E-state index contributed by atoms with van der Waals surface area (Å²) in [6.07, 6.45) is 1.17. The minimum Gasteiger partial charge on any atom is -0.502 e. The quantitative estimate of drug-likeness (QED) is 0.364. The van der Waals surface area contributed by atoms with Crippen molar-refractivity contribution in [2.45, 2.75) is 19.9 Å². The normalized spacial score (nSPS) is 17.0. The summed E-state index contributed by atoms with van der Waals surface area (Å²) < 4.78 is 4.80. The highest BCUT2D eigenvalue weighted by atomic mass is 32.2. The largest absolute Gasteiger partial charge is 0.502 e. The number of thioether (sulfide) groups is 1. The van der Waals surface area contributed by atoms with Crippen molar-refractivity contribution in [3.8, 4) is 5.75 Å². The maximum Gasteiger partial charge on any atom is 0.329 e. The van der Waals surface area contributed by atoms with Gasteiger partial charge in [0.05, 0.1) is 16.4 Å². The number of aromatic hydroxyl groups is 1. The van der Waals surface area contributed by atoms with E-state index in [9.17, 15) is 29.6 Å². The summed E-state index contributed by atoms with van der Waals surface area (Å²) in [5.74, 6) is -2.07. The summed E-state index contributed by atoms with van der Waals surface area (Å²) in [4.78, 5) is 47.0. The van der Waals surface area contributed by atoms with Crippen LogP contribution in [-0.2, 0) is 14.3 Å². The lowest BCUT2D eigenvalue weighted by atomic mass is 10.1. The maximum atomic E-state index is 12.4. The van der Waals surface area contributed by atoms with E-state index in [0.29, 0.717) is 11.8 Å². The molecule has 132 valence electrons. The van der Waals surface area contributed by atoms with Crippen LogP contribution in [-0.4, -0.2) is 44.7 Å². The van der Waals surface area contributed by atoms with E-state index in [1.165, 1.54) is 25.1 Å². The van der Waals surface area contributed by atoms with Crippen LogP contribution in [0, 0.1) is 10.1 Å². The van der Waals surface area contributed by atoms with E-state index in [1.807, 2.05) is 0 Å². The third-order valence-corrected chi connectivity index (χ3v) is 4.25. The maximum absolute atomic E-state index is 12.4. The molecule has 1 aromatic rings. The Morgan fingerprint density at radius 2 is 2.16 bits per heavy atom. The number of nitro benzene ring substituents is 1. The van der Waals surface area contributed by atoms with Gasteiger partial charge in [-0.2, -0.15) is 0 Å². The first kappa shape index (κ1) is 18.5. The summed E-state index contributed by atoms with van der Waals surface area (Å²) in [7, 11) is 0. The average molecular weight is 366 g/mol. The summed E-state index contributed by atoms with van der Waals surface area (Å²) in [5, 5.41) is 20.1. The van der Waals surface area contributed by atoms with E-state index >= 15 is 0 Å². The van der Waals surface area contributed by atoms with Crippen molar-refractivity contribution < 1.29 is 29.2 Å². The number of ether oxygens (including phenoxy) is 1. The van der Waals surface area contributed by atoms with Crippen LogP contribution in [0.5, 0.6) is 5.75 Å². The molecule has 1 aliphatic rings. The fourth-order valence-electron chi connectivity index (χ4n) is 2.14. The number of hydrogen-bond donors (Lipinski definition) is 1. The number of nitro groups is 1. The minimum atomic E-state index is -1.10. The van der Waals surface area contributed by atoms with Gasteiger partial charge in [0.2, 0.25) is 5.75 Å². The van der Waals surface area contributed by atoms with Gasteiger partial charge in [-0.25, -0.2) is 4.79 Å². The molecule has 0 aromatic heterocycles. The molecule has 1 saturated heterocycles. The first-order valence-electron chi connectivity index (χ1n) is 7.18. The number of phenols is 1. The average Bonchev–Trinajstić information content (AvgIpc) is 2.82. The van der Waals surface area contributed by atoms with E-state index < -0.39 is 39.5 Å². The number of phenolic OH excluding ortho intramolecular Hbond substituents is 1. The van der Waals surface area contributed by atoms with E-state index in [2.05, 4.69) is 0 Å². The number of para-hydroxylation sites is 1. The summed E-state index contributed by atoms with van der Waals surface area (Å²) >= 11 is 0.573. The van der Waals surface area contributed by atoms with Crippen molar-refractivity contribution in [2.24, 2.45) is 0 Å². The SMILES string of the molecule is CCOC(=O)[C@H](C)N1C(=O)S/C(=C/c2cccc([N+](=O)[O-])c2O)C1=O. The van der Waals surface area contributed by atoms with Crippen molar-refractivity contribution in [3.63, 3.8) is 0 Å². The molecule has 0 aliphatic carbocycles. The zero-order valence-corrected chi connectivity index (χ0v) is 14.1. The van der Waals surface area contributed by atoms with Crippen LogP contribution in [0.3, 0.4) is 0 Å². The molecule has 25 heavy (non-hydrogen) atoms. The Morgan fingerprint density at radius 3 is 2.76 bits per heavy atom. The van der Waals surface area contributed by atoms with Crippen molar-refractivity contribution in [1.29, 1.82) is 0 Å². The molecule has 1 fully saturated rings. The number of amides is 2. The molecule has 9 nitrogen and oxygen atoms in total. The molecule has 0 saturated carbocycles. The highest BCUT2D eigenvalue weighted by molar-refractivity contribution is 8.18. The Morgan fingerprint density at radius 1 is 1.48 bits per heavy atom. The zero-order chi connectivity index (χ0) is 18.7. The van der Waals surface area contributed by atoms with E-state index in [0.717, 1.165) is 11.0 Å². The number of rotatable bonds is 5. The lowest BCUT2D eigenvalue weighted by molar-refractivity contribution is -0.385. The van der Waals surface area contributed by atoms with Gasteiger partial charge >= 0.3 is 11.7 Å². The van der Waals surface area contributed by atoms with Crippen molar-refractivity contribution >= 4 is 40.6 Å². The number of imide groups is 1. The van der Waals surface area contributed by atoms with E-state index in [-0.39, 0.29) is 17.1 Å². The van der Waals surface area contributed by atoms with Gasteiger partial charge in [0.25, 0.3) is 11.1 Å². The number of hydrogen-bond acceptors (Lipinski definition) is 8. The second-order valence-electron chi connectivity index (χ2n) is 4.95. The summed E-state index contributed by atoms with van der Waals surface area (Å²) in [6, 6.07) is 2.72. The van der Waals surface area contributed by atoms with Crippen LogP contribution < -0.4 is 0 Å². The van der Waals surface area contributed by atoms with Gasteiger partial charge in [-0.05, 0) is 31.7 Å². The second kappa shape index (κ2) is 7.34. The van der Waals surface area contributed by atoms with Gasteiger partial charge in [0, 0.05) is 11.6 Å². The van der Waals surface area contributed by atoms with Gasteiger partial charge in [0.1, 0.15) is 6.04 Å². The van der Waals surface area contributed by atoms with Crippen LogP contribution in [0.25, 0.3) is 6.08 Å². The Bertz CT molecular complexity index is 790. The molecule has 1 aromatic carbocycles. The highest BCUT2D eigenvalue weighted by Gasteiger charge is 2.41. The first-order valence-corrected chi connectivity index (χ1v) is 7.99. The fourth-order valence-corrected chi connectivity index (χ4v) is 3.03. The number of nitrogens with zero attached hydrogens (tertiary/aromatic N) is 2. The molecule has 0 unspecified atom stereocenters. The van der Waals surface area contributed by atoms with Gasteiger partial charge in [-0.3, -0.25) is 24.6 Å². The summed E-state index contributed by atoms with van der Waals surface area (Å²) in [5.41, 5.74) is -0.503. The monoisotopic (exact) mass is 366 g/mol. The number of esters is 1. The Hall–Kier alpha value is -2.88. The molecule has 1 atom stereocenters. The molecule has 10 heteroatoms. The number of carbonyl (C=O) groups is 3. The van der Waals surface area contributed by atoms with Crippen LogP contribution in [0.2, 0.25) is 0 Å². The molecule has 0 bridgehead atoms. The first-order chi connectivity index (χ1) is 11.8. The molecule has 1 N–H and O–H groups in total. The van der Waals surface area contributed by atoms with E-state index in [4.69, 9.17) is 4.74 Å². The Labute approximate surface area is 146 Å². The predicted molar refractivity (Wildman–Crippen MR) is 88.7 cm³/mol. The fraction of sp³-hybridized carbons (Fsp3) is 0.267. The van der Waals surface area contributed by atoms with Crippen LogP contribution in [0.15, 0.2) is 23.1 Å². The Kier molecular flexibility index (Phi) is 5.42. The topological polar surface area (TPSA) is 127 Å². The second-order valence-corrected chi connectivity index (χ2v) is 5.95. The molecule has 1 aliphatic heterocycles. The summed E-state index contributed by atoms with van der Waals surface area (Å²) in [6.45, 7) is 3.07. The zero-order valence-electron chi connectivity index (χ0n) is 13.3. The van der Waals surface area contributed by atoms with Crippen LogP contribution in [0.1, 0.15) is 19.4 Å². The Balaban J connectivity index is 2.34. The molecular weight excluding hydrogens is 352 g/mol. The van der Waals surface area contributed by atoms with Gasteiger partial charge in [-0.1, -0.05) is 12.1 Å². The third kappa shape index (κ3) is 3.63. The molecule has 2 rings (SSSR count). The number of carbonyl (C=O) groups excluding carboxylic acids is 3.